The average Bonchev–Trinajstić information content (AvgIpc) is 3.60. The zero-order valence-corrected chi connectivity index (χ0v) is 32.1. The van der Waals surface area contributed by atoms with E-state index in [1.54, 1.807) is 0 Å². The Kier molecular flexibility index (Phi) is 15.6. The first kappa shape index (κ1) is 38.6. The van der Waals surface area contributed by atoms with E-state index >= 15 is 0 Å². The van der Waals surface area contributed by atoms with Crippen LogP contribution in [0.5, 0.6) is 11.5 Å². The number of rotatable bonds is 9. The summed E-state index contributed by atoms with van der Waals surface area (Å²) in [4.78, 5) is 0. The number of benzene rings is 2. The van der Waals surface area contributed by atoms with Crippen LogP contribution in [0.4, 0.5) is 0 Å². The monoisotopic (exact) mass is 668 g/mol. The summed E-state index contributed by atoms with van der Waals surface area (Å²) in [6, 6.07) is 17.7. The van der Waals surface area contributed by atoms with Gasteiger partial charge in [0.1, 0.15) is 11.5 Å². The van der Waals surface area contributed by atoms with Crippen LogP contribution in [0.1, 0.15) is 128 Å². The summed E-state index contributed by atoms with van der Waals surface area (Å²) in [5.41, 5.74) is 1.32. The van der Waals surface area contributed by atoms with Crippen molar-refractivity contribution in [1.82, 2.24) is 0 Å². The van der Waals surface area contributed by atoms with E-state index in [2.05, 4.69) is 125 Å². The van der Waals surface area contributed by atoms with Crippen LogP contribution in [0.15, 0.2) is 48.5 Å². The van der Waals surface area contributed by atoms with Gasteiger partial charge in [-0.15, -0.1) is 0 Å². The molecule has 0 amide bonds. The molecule has 0 N–H and O–H groups in total. The number of hydrogen-bond donors (Lipinski definition) is 0. The summed E-state index contributed by atoms with van der Waals surface area (Å²) in [5.74, 6) is 2.81. The third-order valence-corrected chi connectivity index (χ3v) is 15.7. The van der Waals surface area contributed by atoms with Crippen LogP contribution >= 0.6 is 15.8 Å². The fourth-order valence-corrected chi connectivity index (χ4v) is 16.4. The quantitative estimate of drug-likeness (QED) is 0.196. The van der Waals surface area contributed by atoms with E-state index in [0.717, 1.165) is 11.5 Å². The molecule has 3 atom stereocenters. The molecule has 0 heterocycles. The van der Waals surface area contributed by atoms with Gasteiger partial charge in [-0.05, 0) is 88.1 Å². The summed E-state index contributed by atoms with van der Waals surface area (Å²) < 4.78 is 12.9. The van der Waals surface area contributed by atoms with Crippen molar-refractivity contribution in [3.05, 3.63) is 48.5 Å². The van der Waals surface area contributed by atoms with Gasteiger partial charge in [0.15, 0.2) is 0 Å². The fourth-order valence-electron chi connectivity index (χ4n) is 7.66. The van der Waals surface area contributed by atoms with Crippen molar-refractivity contribution in [2.24, 2.45) is 5.92 Å². The first-order chi connectivity index (χ1) is 19.7. The van der Waals surface area contributed by atoms with Crippen molar-refractivity contribution in [3.63, 3.8) is 0 Å². The fraction of sp³-hybridized carbons (Fsp3) is 0.684. The Bertz CT molecular complexity index is 1010. The van der Waals surface area contributed by atoms with Crippen LogP contribution in [0.3, 0.4) is 0 Å². The zero-order valence-electron chi connectivity index (χ0n) is 29.2. The zero-order chi connectivity index (χ0) is 31.1. The predicted molar refractivity (Wildman–Crippen MR) is 191 cm³/mol. The van der Waals surface area contributed by atoms with Crippen LogP contribution in [0, 0.1) is 5.92 Å². The Morgan fingerprint density at radius 3 is 1.37 bits per heavy atom. The van der Waals surface area contributed by atoms with Crippen LogP contribution < -0.4 is 20.1 Å². The van der Waals surface area contributed by atoms with E-state index in [1.807, 2.05) is 0 Å². The van der Waals surface area contributed by atoms with E-state index in [1.165, 1.54) is 62.0 Å². The Labute approximate surface area is 279 Å². The Hall–Kier alpha value is -0.581. The van der Waals surface area contributed by atoms with Crippen molar-refractivity contribution >= 4 is 26.5 Å². The second kappa shape index (κ2) is 17.4. The summed E-state index contributed by atoms with van der Waals surface area (Å²) in [7, 11) is -0.862. The smallest absolute Gasteiger partial charge is 0.127 e. The molecule has 2 aliphatic rings. The van der Waals surface area contributed by atoms with Crippen molar-refractivity contribution in [2.45, 2.75) is 161 Å². The molecule has 43 heavy (non-hydrogen) atoms. The molecule has 0 saturated heterocycles. The Morgan fingerprint density at radius 1 is 0.605 bits per heavy atom. The molecular formula is C38H62FeO2P2. The maximum Gasteiger partial charge on any atom is 0.127 e. The average molecular weight is 669 g/mol. The van der Waals surface area contributed by atoms with Crippen molar-refractivity contribution in [3.8, 4) is 11.5 Å². The minimum atomic E-state index is -0.663. The molecule has 5 heteroatoms. The molecule has 0 spiro atoms. The van der Waals surface area contributed by atoms with Crippen molar-refractivity contribution < 1.29 is 26.5 Å². The van der Waals surface area contributed by atoms with Crippen molar-refractivity contribution in [2.75, 3.05) is 0 Å². The molecule has 244 valence electrons. The predicted octanol–water partition coefficient (Wildman–Crippen LogP) is 11.3. The SMILES string of the molecule is C1CCCC1.CC(C)Oc1ccccc1P(c1ccccc1OC(C)C)C1CCCC1[C@@H](C)P(C(C)(C)C)C(C)(C)C.[Fe]. The first-order valence-electron chi connectivity index (χ1n) is 16.8. The molecule has 2 aliphatic carbocycles. The molecule has 0 aromatic heterocycles. The van der Waals surface area contributed by atoms with E-state index in [0.29, 0.717) is 27.5 Å². The number of para-hydroxylation sites is 2. The van der Waals surface area contributed by atoms with Gasteiger partial charge in [0, 0.05) is 27.7 Å². The summed E-state index contributed by atoms with van der Waals surface area (Å²) in [6.07, 6.45) is 11.7. The molecule has 0 radical (unpaired) electrons. The van der Waals surface area contributed by atoms with E-state index in [4.69, 9.17) is 9.47 Å². The summed E-state index contributed by atoms with van der Waals surface area (Å²) in [6.45, 7) is 26.0. The van der Waals surface area contributed by atoms with Gasteiger partial charge in [0.05, 0.1) is 12.2 Å². The van der Waals surface area contributed by atoms with E-state index in [-0.39, 0.29) is 37.2 Å². The second-order valence-electron chi connectivity index (χ2n) is 15.0. The minimum Gasteiger partial charge on any atom is -0.490 e. The largest absolute Gasteiger partial charge is 0.490 e. The molecule has 2 aromatic rings. The molecule has 2 unspecified atom stereocenters. The second-order valence-corrected chi connectivity index (χ2v) is 21.6. The Morgan fingerprint density at radius 2 is 1.00 bits per heavy atom. The van der Waals surface area contributed by atoms with Gasteiger partial charge in [-0.3, -0.25) is 0 Å². The van der Waals surface area contributed by atoms with Crippen LogP contribution in [-0.2, 0) is 17.1 Å². The Balaban J connectivity index is 0.000000973. The van der Waals surface area contributed by atoms with Crippen molar-refractivity contribution in [1.29, 1.82) is 0 Å². The maximum atomic E-state index is 6.46. The van der Waals surface area contributed by atoms with E-state index in [9.17, 15) is 0 Å². The van der Waals surface area contributed by atoms with Gasteiger partial charge in [0.2, 0.25) is 0 Å². The summed E-state index contributed by atoms with van der Waals surface area (Å²) >= 11 is 0. The maximum absolute atomic E-state index is 6.46. The van der Waals surface area contributed by atoms with Gasteiger partial charge in [-0.25, -0.2) is 0 Å². The van der Waals surface area contributed by atoms with Crippen LogP contribution in [0.2, 0.25) is 0 Å². The topological polar surface area (TPSA) is 18.5 Å². The molecule has 2 fully saturated rings. The number of hydrogen-bond acceptors (Lipinski definition) is 2. The van der Waals surface area contributed by atoms with Gasteiger partial charge < -0.3 is 9.47 Å². The van der Waals surface area contributed by atoms with Crippen LogP contribution in [0.25, 0.3) is 0 Å². The minimum absolute atomic E-state index is 0. The first-order valence-corrected chi connectivity index (χ1v) is 19.6. The van der Waals surface area contributed by atoms with Gasteiger partial charge in [-0.1, -0.05) is 131 Å². The molecular weight excluding hydrogens is 606 g/mol. The molecule has 2 nitrogen and oxygen atoms in total. The normalized spacial score (nSPS) is 19.8. The molecule has 4 rings (SSSR count). The van der Waals surface area contributed by atoms with Gasteiger partial charge in [0.25, 0.3) is 0 Å². The third-order valence-electron chi connectivity index (χ3n) is 8.56. The molecule has 0 bridgehead atoms. The number of ether oxygens (including phenoxy) is 2. The van der Waals surface area contributed by atoms with Gasteiger partial charge in [-0.2, -0.15) is 0 Å². The standard InChI is InChI=1S/C33H52O2P2.C5H10.Fe/c1-23(2)34-27-18-12-14-20-30(27)36(31-21-15-13-19-28(31)35-24(3)4)29-22-16-17-26(29)25(5)37(32(6,7)8)33(9,10)11;1-2-4-5-3-1;/h12-15,18-21,23-26,29H,16-17,22H2,1-11H3;1-5H2;/t25-,26?,29?;;/m1../s1. The third kappa shape index (κ3) is 11.0. The summed E-state index contributed by atoms with van der Waals surface area (Å²) in [5, 5.41) is 3.40. The van der Waals surface area contributed by atoms with Gasteiger partial charge >= 0.3 is 0 Å². The molecule has 0 aliphatic heterocycles. The van der Waals surface area contributed by atoms with E-state index < -0.39 is 7.92 Å². The molecule has 2 aromatic carbocycles. The van der Waals surface area contributed by atoms with Crippen LogP contribution in [-0.4, -0.2) is 33.8 Å². The molecule has 2 saturated carbocycles.